The normalized spacial score (nSPS) is 17.5. The number of carbonyl (C=O) groups excluding carboxylic acids is 1. The highest BCUT2D eigenvalue weighted by Crippen LogP contribution is 2.19. The number of carbonyl (C=O) groups is 1. The van der Waals surface area contributed by atoms with E-state index in [2.05, 4.69) is 9.71 Å². The van der Waals surface area contributed by atoms with Crippen LogP contribution in [0.5, 0.6) is 5.88 Å². The number of sulfonamides is 1. The van der Waals surface area contributed by atoms with E-state index in [9.17, 15) is 13.2 Å². The molecule has 3 rings (SSSR count). The second-order valence-electron chi connectivity index (χ2n) is 6.46. The van der Waals surface area contributed by atoms with Crippen LogP contribution in [0.4, 0.5) is 0 Å². The van der Waals surface area contributed by atoms with E-state index >= 15 is 0 Å². The highest BCUT2D eigenvalue weighted by molar-refractivity contribution is 7.90. The van der Waals surface area contributed by atoms with Crippen LogP contribution >= 0.6 is 0 Å². The Morgan fingerprint density at radius 3 is 2.70 bits per heavy atom. The Bertz CT molecular complexity index is 870. The minimum atomic E-state index is -3.55. The molecule has 1 aliphatic rings. The molecule has 1 saturated heterocycles. The van der Waals surface area contributed by atoms with Gasteiger partial charge in [0.1, 0.15) is 0 Å². The molecule has 1 aromatic heterocycles. The first-order valence-corrected chi connectivity index (χ1v) is 10.4. The van der Waals surface area contributed by atoms with Gasteiger partial charge in [0.05, 0.1) is 12.4 Å². The quantitative estimate of drug-likeness (QED) is 0.814. The largest absolute Gasteiger partial charge is 0.481 e. The van der Waals surface area contributed by atoms with Gasteiger partial charge in [0.2, 0.25) is 15.9 Å². The molecular formula is C19H23N3O4S. The minimum Gasteiger partial charge on any atom is -0.481 e. The van der Waals surface area contributed by atoms with Crippen molar-refractivity contribution in [2.45, 2.75) is 24.6 Å². The van der Waals surface area contributed by atoms with Crippen molar-refractivity contribution in [3.05, 3.63) is 59.8 Å². The summed E-state index contributed by atoms with van der Waals surface area (Å²) in [5, 5.41) is -0.620. The predicted octanol–water partition coefficient (Wildman–Crippen LogP) is 1.81. The lowest BCUT2D eigenvalue weighted by Crippen LogP contribution is -2.48. The Labute approximate surface area is 159 Å². The van der Waals surface area contributed by atoms with E-state index in [1.54, 1.807) is 47.5 Å². The molecule has 144 valence electrons. The van der Waals surface area contributed by atoms with Gasteiger partial charge in [-0.2, -0.15) is 0 Å². The summed E-state index contributed by atoms with van der Waals surface area (Å²) in [5.74, 6) is 0.346. The topological polar surface area (TPSA) is 88.6 Å². The third-order valence-electron chi connectivity index (χ3n) is 4.61. The number of nitrogens with zero attached hydrogens (tertiary/aromatic N) is 2. The van der Waals surface area contributed by atoms with Crippen molar-refractivity contribution in [2.24, 2.45) is 0 Å². The van der Waals surface area contributed by atoms with Crippen LogP contribution in [0.1, 0.15) is 28.8 Å². The lowest BCUT2D eigenvalue weighted by Gasteiger charge is -2.32. The van der Waals surface area contributed by atoms with Crippen molar-refractivity contribution in [1.29, 1.82) is 0 Å². The molecule has 0 radical (unpaired) electrons. The monoisotopic (exact) mass is 389 g/mol. The van der Waals surface area contributed by atoms with Gasteiger partial charge in [-0.25, -0.2) is 18.1 Å². The molecule has 1 atom stereocenters. The second-order valence-corrected chi connectivity index (χ2v) is 8.50. The van der Waals surface area contributed by atoms with Crippen molar-refractivity contribution < 1.29 is 17.9 Å². The standard InChI is InChI=1S/C19H23N3O4S/c1-26-18-10-9-15(12-20-18)13-21-27(24,25)17-8-5-11-22(14-17)19(23)16-6-3-2-4-7-16/h2-4,6-7,9-10,12,17,21H,5,8,11,13-14H2,1H3. The van der Waals surface area contributed by atoms with Gasteiger partial charge in [-0.1, -0.05) is 24.3 Å². The molecule has 2 aromatic rings. The summed E-state index contributed by atoms with van der Waals surface area (Å²) in [4.78, 5) is 18.3. The third-order valence-corrected chi connectivity index (χ3v) is 6.42. The van der Waals surface area contributed by atoms with Crippen LogP contribution in [0.25, 0.3) is 0 Å². The molecule has 1 aliphatic heterocycles. The van der Waals surface area contributed by atoms with Crippen molar-refractivity contribution >= 4 is 15.9 Å². The van der Waals surface area contributed by atoms with Crippen LogP contribution in [-0.4, -0.2) is 49.7 Å². The Balaban J connectivity index is 1.62. The van der Waals surface area contributed by atoms with Crippen molar-refractivity contribution in [3.63, 3.8) is 0 Å². The lowest BCUT2D eigenvalue weighted by molar-refractivity contribution is 0.0726. The zero-order chi connectivity index (χ0) is 19.3. The summed E-state index contributed by atoms with van der Waals surface area (Å²) < 4.78 is 33.0. The van der Waals surface area contributed by atoms with Crippen LogP contribution < -0.4 is 9.46 Å². The zero-order valence-corrected chi connectivity index (χ0v) is 16.0. The number of piperidine rings is 1. The van der Waals surface area contributed by atoms with E-state index in [1.807, 2.05) is 6.07 Å². The number of pyridine rings is 1. The fourth-order valence-corrected chi connectivity index (χ4v) is 4.53. The average Bonchev–Trinajstić information content (AvgIpc) is 2.73. The van der Waals surface area contributed by atoms with Gasteiger partial charge >= 0.3 is 0 Å². The van der Waals surface area contributed by atoms with Crippen LogP contribution in [0.3, 0.4) is 0 Å². The number of benzene rings is 1. The Morgan fingerprint density at radius 2 is 2.04 bits per heavy atom. The van der Waals surface area contributed by atoms with E-state index in [1.165, 1.54) is 7.11 Å². The van der Waals surface area contributed by atoms with E-state index < -0.39 is 15.3 Å². The summed E-state index contributed by atoms with van der Waals surface area (Å²) in [6.07, 6.45) is 2.77. The summed E-state index contributed by atoms with van der Waals surface area (Å²) >= 11 is 0. The van der Waals surface area contributed by atoms with Gasteiger partial charge in [0.25, 0.3) is 5.91 Å². The minimum absolute atomic E-state index is 0.130. The second kappa shape index (κ2) is 8.49. The summed E-state index contributed by atoms with van der Waals surface area (Å²) in [7, 11) is -2.02. The molecule has 0 spiro atoms. The number of hydrogen-bond donors (Lipinski definition) is 1. The Kier molecular flexibility index (Phi) is 6.08. The van der Waals surface area contributed by atoms with Gasteiger partial charge in [-0.3, -0.25) is 4.79 Å². The molecule has 8 heteroatoms. The summed E-state index contributed by atoms with van der Waals surface area (Å²) in [6, 6.07) is 12.4. The summed E-state index contributed by atoms with van der Waals surface area (Å²) in [5.41, 5.74) is 1.32. The van der Waals surface area contributed by atoms with Crippen LogP contribution in [0, 0.1) is 0 Å². The molecule has 0 saturated carbocycles. The van der Waals surface area contributed by atoms with Crippen molar-refractivity contribution in [2.75, 3.05) is 20.2 Å². The fourth-order valence-electron chi connectivity index (χ4n) is 3.08. The molecule has 1 N–H and O–H groups in total. The number of rotatable bonds is 6. The number of amides is 1. The van der Waals surface area contributed by atoms with Gasteiger partial charge in [-0.05, 0) is 30.5 Å². The first-order valence-electron chi connectivity index (χ1n) is 8.81. The summed E-state index contributed by atoms with van der Waals surface area (Å²) in [6.45, 7) is 0.925. The first-order chi connectivity index (χ1) is 13.0. The molecule has 1 amide bonds. The maximum atomic E-state index is 12.7. The highest BCUT2D eigenvalue weighted by atomic mass is 32.2. The number of aromatic nitrogens is 1. The average molecular weight is 389 g/mol. The molecule has 1 aromatic carbocycles. The molecule has 0 aliphatic carbocycles. The molecule has 27 heavy (non-hydrogen) atoms. The Morgan fingerprint density at radius 1 is 1.26 bits per heavy atom. The van der Waals surface area contributed by atoms with E-state index in [0.717, 1.165) is 5.56 Å². The molecule has 0 bridgehead atoms. The maximum absolute atomic E-state index is 12.7. The number of likely N-dealkylation sites (tertiary alicyclic amines) is 1. The molecule has 1 fully saturated rings. The van der Waals surface area contributed by atoms with E-state index in [0.29, 0.717) is 30.8 Å². The molecule has 7 nitrogen and oxygen atoms in total. The number of methoxy groups -OCH3 is 1. The van der Waals surface area contributed by atoms with Crippen LogP contribution in [0.2, 0.25) is 0 Å². The van der Waals surface area contributed by atoms with Crippen LogP contribution in [0.15, 0.2) is 48.7 Å². The third kappa shape index (κ3) is 4.84. The lowest BCUT2D eigenvalue weighted by atomic mass is 10.1. The first kappa shape index (κ1) is 19.3. The highest BCUT2D eigenvalue weighted by Gasteiger charge is 2.32. The van der Waals surface area contributed by atoms with Crippen molar-refractivity contribution in [1.82, 2.24) is 14.6 Å². The van der Waals surface area contributed by atoms with E-state index in [4.69, 9.17) is 4.74 Å². The van der Waals surface area contributed by atoms with Crippen LogP contribution in [-0.2, 0) is 16.6 Å². The Hall–Kier alpha value is -2.45. The molecule has 2 heterocycles. The predicted molar refractivity (Wildman–Crippen MR) is 102 cm³/mol. The van der Waals surface area contributed by atoms with Gasteiger partial charge in [0, 0.05) is 37.5 Å². The SMILES string of the molecule is COc1ccc(CNS(=O)(=O)C2CCCN(C(=O)c3ccccc3)C2)cn1. The number of nitrogens with one attached hydrogen (secondary N) is 1. The van der Waals surface area contributed by atoms with Gasteiger partial charge < -0.3 is 9.64 Å². The molecule has 1 unspecified atom stereocenters. The molecular weight excluding hydrogens is 366 g/mol. The smallest absolute Gasteiger partial charge is 0.253 e. The zero-order valence-electron chi connectivity index (χ0n) is 15.2. The maximum Gasteiger partial charge on any atom is 0.253 e. The fraction of sp³-hybridized carbons (Fsp3) is 0.368. The number of ether oxygens (including phenoxy) is 1. The number of hydrogen-bond acceptors (Lipinski definition) is 5. The van der Waals surface area contributed by atoms with E-state index in [-0.39, 0.29) is 19.0 Å². The van der Waals surface area contributed by atoms with Crippen molar-refractivity contribution in [3.8, 4) is 5.88 Å². The van der Waals surface area contributed by atoms with Gasteiger partial charge in [0.15, 0.2) is 0 Å². The van der Waals surface area contributed by atoms with Gasteiger partial charge in [-0.15, -0.1) is 0 Å².